The topological polar surface area (TPSA) is 85.2 Å². The third-order valence-electron chi connectivity index (χ3n) is 5.43. The van der Waals surface area contributed by atoms with Gasteiger partial charge in [0.2, 0.25) is 0 Å². The van der Waals surface area contributed by atoms with Crippen LogP contribution in [-0.4, -0.2) is 51.3 Å². The fraction of sp³-hybridized carbons (Fsp3) is 0.364. The number of ether oxygens (including phenoxy) is 1. The molecule has 1 N–H and O–H groups in total. The van der Waals surface area contributed by atoms with Gasteiger partial charge in [-0.15, -0.1) is 5.10 Å². The van der Waals surface area contributed by atoms with Crippen LogP contribution < -0.4 is 10.1 Å². The van der Waals surface area contributed by atoms with E-state index in [0.717, 1.165) is 42.0 Å². The predicted molar refractivity (Wildman–Crippen MR) is 114 cm³/mol. The summed E-state index contributed by atoms with van der Waals surface area (Å²) in [6.45, 7) is 2.03. The van der Waals surface area contributed by atoms with Crippen LogP contribution in [0.1, 0.15) is 31.4 Å². The van der Waals surface area contributed by atoms with Crippen LogP contribution in [0.15, 0.2) is 48.5 Å². The number of nitrogens with zero attached hydrogens (tertiary/aromatic N) is 5. The predicted octanol–water partition coefficient (Wildman–Crippen LogP) is 3.78. The van der Waals surface area contributed by atoms with Gasteiger partial charge in [-0.25, -0.2) is 9.48 Å². The summed E-state index contributed by atoms with van der Waals surface area (Å²) < 4.78 is 7.06. The van der Waals surface area contributed by atoms with Crippen LogP contribution in [0.3, 0.4) is 0 Å². The number of benzene rings is 2. The molecule has 1 aromatic heterocycles. The van der Waals surface area contributed by atoms with Gasteiger partial charge in [0.1, 0.15) is 5.75 Å². The molecule has 2 aromatic carbocycles. The molecule has 0 bridgehead atoms. The summed E-state index contributed by atoms with van der Waals surface area (Å²) in [6, 6.07) is 15.8. The van der Waals surface area contributed by atoms with Crippen molar-refractivity contribution in [2.24, 2.45) is 0 Å². The van der Waals surface area contributed by atoms with E-state index in [4.69, 9.17) is 4.74 Å². The third kappa shape index (κ3) is 4.42. The maximum absolute atomic E-state index is 12.8. The van der Waals surface area contributed by atoms with Crippen molar-refractivity contribution in [1.82, 2.24) is 25.1 Å². The van der Waals surface area contributed by atoms with Crippen molar-refractivity contribution >= 4 is 11.7 Å². The highest BCUT2D eigenvalue weighted by atomic mass is 16.5. The molecule has 8 heteroatoms. The van der Waals surface area contributed by atoms with E-state index >= 15 is 0 Å². The van der Waals surface area contributed by atoms with E-state index in [9.17, 15) is 4.79 Å². The highest BCUT2D eigenvalue weighted by Crippen LogP contribution is 2.36. The molecule has 3 aromatic rings. The molecule has 0 radical (unpaired) electrons. The quantitative estimate of drug-likeness (QED) is 0.645. The van der Waals surface area contributed by atoms with Crippen molar-refractivity contribution in [2.45, 2.75) is 38.3 Å². The lowest BCUT2D eigenvalue weighted by Gasteiger charge is -2.25. The molecular formula is C22H26N6O2. The lowest BCUT2D eigenvalue weighted by Crippen LogP contribution is -2.39. The van der Waals surface area contributed by atoms with Crippen LogP contribution in [-0.2, 0) is 6.42 Å². The minimum absolute atomic E-state index is 0.0312. The molecule has 1 aliphatic rings. The molecule has 0 spiro atoms. The zero-order chi connectivity index (χ0) is 21.1. The number of carbonyl (C=O) groups excluding carboxylic acids is 1. The zero-order valence-corrected chi connectivity index (χ0v) is 17.4. The minimum atomic E-state index is -0.157. The number of aromatic nitrogens is 4. The van der Waals surface area contributed by atoms with Crippen LogP contribution in [0.5, 0.6) is 5.75 Å². The molecule has 0 saturated heterocycles. The first kappa shape index (κ1) is 19.9. The van der Waals surface area contributed by atoms with E-state index in [1.807, 2.05) is 60.1 Å². The van der Waals surface area contributed by atoms with Crippen molar-refractivity contribution in [3.63, 3.8) is 0 Å². The second-order valence-corrected chi connectivity index (χ2v) is 7.70. The van der Waals surface area contributed by atoms with E-state index in [0.29, 0.717) is 11.7 Å². The molecule has 156 valence electrons. The van der Waals surface area contributed by atoms with E-state index in [2.05, 4.69) is 20.8 Å². The Bertz CT molecular complexity index is 1010. The molecule has 1 aliphatic carbocycles. The molecule has 8 nitrogen and oxygen atoms in total. The van der Waals surface area contributed by atoms with E-state index in [-0.39, 0.29) is 12.1 Å². The molecule has 4 rings (SSSR count). The number of amides is 2. The minimum Gasteiger partial charge on any atom is -0.497 e. The smallest absolute Gasteiger partial charge is 0.321 e. The molecule has 30 heavy (non-hydrogen) atoms. The van der Waals surface area contributed by atoms with E-state index in [1.54, 1.807) is 19.1 Å². The second kappa shape index (κ2) is 8.52. The summed E-state index contributed by atoms with van der Waals surface area (Å²) in [4.78, 5) is 14.5. The van der Waals surface area contributed by atoms with Gasteiger partial charge in [0, 0.05) is 24.3 Å². The first-order valence-corrected chi connectivity index (χ1v) is 10.1. The molecule has 0 unspecified atom stereocenters. The SMILES string of the molecule is COc1ccc(C[C@@H](C)N(C)C(=O)Nc2cccc(-c3nnnn3C3CC3)c2)cc1. The van der Waals surface area contributed by atoms with Crippen molar-refractivity contribution in [1.29, 1.82) is 0 Å². The number of methoxy groups -OCH3 is 1. The van der Waals surface area contributed by atoms with Gasteiger partial charge in [0.25, 0.3) is 0 Å². The highest BCUT2D eigenvalue weighted by Gasteiger charge is 2.28. The standard InChI is InChI=1S/C22H26N6O2/c1-15(13-16-7-11-20(30-3)12-8-16)27(2)22(29)23-18-6-4-5-17(14-18)21-24-25-26-28(21)19-9-10-19/h4-8,11-12,14-15,19H,9-10,13H2,1-3H3,(H,23,29)/t15-/m1/s1. The van der Waals surface area contributed by atoms with Gasteiger partial charge in [-0.1, -0.05) is 24.3 Å². The van der Waals surface area contributed by atoms with Crippen LogP contribution in [0.2, 0.25) is 0 Å². The average Bonchev–Trinajstić information content (AvgIpc) is 3.49. The Morgan fingerprint density at radius 1 is 1.27 bits per heavy atom. The lowest BCUT2D eigenvalue weighted by molar-refractivity contribution is 0.207. The van der Waals surface area contributed by atoms with Gasteiger partial charge in [-0.3, -0.25) is 0 Å². The van der Waals surface area contributed by atoms with Crippen LogP contribution in [0, 0.1) is 0 Å². The third-order valence-corrected chi connectivity index (χ3v) is 5.43. The maximum atomic E-state index is 12.8. The molecule has 1 heterocycles. The lowest BCUT2D eigenvalue weighted by atomic mass is 10.1. The van der Waals surface area contributed by atoms with Gasteiger partial charge >= 0.3 is 6.03 Å². The molecule has 0 aliphatic heterocycles. The van der Waals surface area contributed by atoms with Gasteiger partial charge in [-0.2, -0.15) is 0 Å². The Labute approximate surface area is 175 Å². The van der Waals surface area contributed by atoms with Gasteiger partial charge in [-0.05, 0) is 66.4 Å². The van der Waals surface area contributed by atoms with E-state index in [1.165, 1.54) is 0 Å². The van der Waals surface area contributed by atoms with E-state index < -0.39 is 0 Å². The Kier molecular flexibility index (Phi) is 5.65. The number of likely N-dealkylation sites (N-methyl/N-ethyl adjacent to an activating group) is 1. The maximum Gasteiger partial charge on any atom is 0.321 e. The Balaban J connectivity index is 1.40. The summed E-state index contributed by atoms with van der Waals surface area (Å²) in [6.07, 6.45) is 2.96. The number of hydrogen-bond donors (Lipinski definition) is 1. The normalized spacial score (nSPS) is 14.2. The summed E-state index contributed by atoms with van der Waals surface area (Å²) >= 11 is 0. The second-order valence-electron chi connectivity index (χ2n) is 7.70. The van der Waals surface area contributed by atoms with Crippen molar-refractivity contribution in [2.75, 3.05) is 19.5 Å². The summed E-state index contributed by atoms with van der Waals surface area (Å²) in [5.41, 5.74) is 2.75. The number of hydrogen-bond acceptors (Lipinski definition) is 5. The van der Waals surface area contributed by atoms with Gasteiger partial charge < -0.3 is 15.0 Å². The fourth-order valence-corrected chi connectivity index (χ4v) is 3.34. The first-order valence-electron chi connectivity index (χ1n) is 10.1. The fourth-order valence-electron chi connectivity index (χ4n) is 3.34. The Morgan fingerprint density at radius 3 is 2.73 bits per heavy atom. The number of nitrogens with one attached hydrogen (secondary N) is 1. The summed E-state index contributed by atoms with van der Waals surface area (Å²) in [5.74, 6) is 1.56. The number of tetrazole rings is 1. The summed E-state index contributed by atoms with van der Waals surface area (Å²) in [7, 11) is 3.46. The number of rotatable bonds is 7. The molecule has 1 saturated carbocycles. The average molecular weight is 406 g/mol. The van der Waals surface area contributed by atoms with Crippen LogP contribution in [0.25, 0.3) is 11.4 Å². The number of carbonyl (C=O) groups is 1. The Hall–Kier alpha value is -3.42. The van der Waals surface area contributed by atoms with Crippen LogP contribution >= 0.6 is 0 Å². The highest BCUT2D eigenvalue weighted by molar-refractivity contribution is 5.90. The Morgan fingerprint density at radius 2 is 2.03 bits per heavy atom. The van der Waals surface area contributed by atoms with Crippen molar-refractivity contribution < 1.29 is 9.53 Å². The number of urea groups is 1. The molecule has 1 atom stereocenters. The molecule has 2 amide bonds. The molecular weight excluding hydrogens is 380 g/mol. The monoisotopic (exact) mass is 406 g/mol. The first-order chi connectivity index (χ1) is 14.5. The largest absolute Gasteiger partial charge is 0.497 e. The summed E-state index contributed by atoms with van der Waals surface area (Å²) in [5, 5.41) is 15.1. The molecule has 1 fully saturated rings. The van der Waals surface area contributed by atoms with Gasteiger partial charge in [0.05, 0.1) is 13.2 Å². The van der Waals surface area contributed by atoms with Crippen molar-refractivity contribution in [3.8, 4) is 17.1 Å². The number of anilines is 1. The zero-order valence-electron chi connectivity index (χ0n) is 17.4. The van der Waals surface area contributed by atoms with Crippen LogP contribution in [0.4, 0.5) is 10.5 Å². The van der Waals surface area contributed by atoms with Gasteiger partial charge in [0.15, 0.2) is 5.82 Å². The van der Waals surface area contributed by atoms with Crippen molar-refractivity contribution in [3.05, 3.63) is 54.1 Å².